The summed E-state index contributed by atoms with van der Waals surface area (Å²) in [5, 5.41) is 0.576. The first-order valence-electron chi connectivity index (χ1n) is 10.5. The van der Waals surface area contributed by atoms with Crippen LogP contribution in [0.25, 0.3) is 17.2 Å². The van der Waals surface area contributed by atoms with Crippen molar-refractivity contribution in [2.24, 2.45) is 0 Å². The van der Waals surface area contributed by atoms with E-state index in [2.05, 4.69) is 4.98 Å². The molecule has 0 aliphatic heterocycles. The molecule has 0 amide bonds. The molecule has 7 nitrogen and oxygen atoms in total. The average Bonchev–Trinajstić information content (AvgIpc) is 3.30. The first-order chi connectivity index (χ1) is 16.5. The number of oxazole rings is 1. The third kappa shape index (κ3) is 5.88. The van der Waals surface area contributed by atoms with Crippen LogP contribution in [0.4, 0.5) is 6.01 Å². The van der Waals surface area contributed by atoms with Crippen molar-refractivity contribution in [3.05, 3.63) is 89.1 Å². The number of esters is 1. The van der Waals surface area contributed by atoms with Gasteiger partial charge >= 0.3 is 5.97 Å². The third-order valence-electron chi connectivity index (χ3n) is 4.91. The summed E-state index contributed by atoms with van der Waals surface area (Å²) < 4.78 is 22.1. The van der Waals surface area contributed by atoms with Crippen LogP contribution in [0.15, 0.2) is 83.0 Å². The third-order valence-corrected chi connectivity index (χ3v) is 5.16. The van der Waals surface area contributed by atoms with Gasteiger partial charge in [0.25, 0.3) is 6.01 Å². The van der Waals surface area contributed by atoms with Crippen LogP contribution in [-0.2, 0) is 9.53 Å². The molecule has 0 fully saturated rings. The second kappa shape index (κ2) is 10.8. The molecule has 0 unspecified atom stereocenters. The van der Waals surface area contributed by atoms with E-state index in [1.54, 1.807) is 30.3 Å². The smallest absolute Gasteiger partial charge is 0.373 e. The quantitative estimate of drug-likeness (QED) is 0.176. The lowest BCUT2D eigenvalue weighted by Crippen LogP contribution is -2.23. The number of anilines is 1. The van der Waals surface area contributed by atoms with Gasteiger partial charge in [-0.1, -0.05) is 35.9 Å². The molecule has 0 spiro atoms. The Morgan fingerprint density at radius 1 is 1.03 bits per heavy atom. The van der Waals surface area contributed by atoms with Crippen molar-refractivity contribution >= 4 is 40.8 Å². The molecule has 0 aliphatic carbocycles. The Bertz CT molecular complexity index is 1250. The van der Waals surface area contributed by atoms with E-state index in [1.165, 1.54) is 7.11 Å². The second-order valence-corrected chi connectivity index (χ2v) is 7.80. The van der Waals surface area contributed by atoms with E-state index in [-0.39, 0.29) is 5.76 Å². The number of benzene rings is 3. The maximum atomic E-state index is 12.2. The van der Waals surface area contributed by atoms with Crippen molar-refractivity contribution in [1.82, 2.24) is 4.98 Å². The number of hydrogen-bond acceptors (Lipinski definition) is 7. The number of carbonyl (C=O) groups excluding carboxylic acids is 1. The number of fused-ring (bicyclic) bond motifs is 1. The highest BCUT2D eigenvalue weighted by Gasteiger charge is 2.13. The normalized spacial score (nSPS) is 11.3. The van der Waals surface area contributed by atoms with Crippen LogP contribution in [0.1, 0.15) is 5.56 Å². The first kappa shape index (κ1) is 23.2. The van der Waals surface area contributed by atoms with Gasteiger partial charge in [0.1, 0.15) is 23.6 Å². The highest BCUT2D eigenvalue weighted by Crippen LogP contribution is 2.22. The van der Waals surface area contributed by atoms with Crippen molar-refractivity contribution in [1.29, 1.82) is 0 Å². The van der Waals surface area contributed by atoms with Crippen molar-refractivity contribution in [2.75, 3.05) is 32.2 Å². The lowest BCUT2D eigenvalue weighted by atomic mass is 10.2. The molecule has 3 aromatic carbocycles. The van der Waals surface area contributed by atoms with Crippen LogP contribution in [0, 0.1) is 0 Å². The zero-order valence-corrected chi connectivity index (χ0v) is 19.5. The maximum absolute atomic E-state index is 12.2. The predicted molar refractivity (Wildman–Crippen MR) is 131 cm³/mol. The molecule has 0 bridgehead atoms. The SMILES string of the molecule is COC(=O)C(=Cc1ccc(OCCN(C)c2nc3ccccc3o2)cc1)Oc1ccc(Cl)cc1. The summed E-state index contributed by atoms with van der Waals surface area (Å²) in [4.78, 5) is 18.5. The van der Waals surface area contributed by atoms with Gasteiger partial charge < -0.3 is 23.5 Å². The summed E-state index contributed by atoms with van der Waals surface area (Å²) in [7, 11) is 3.20. The Morgan fingerprint density at radius 2 is 1.74 bits per heavy atom. The van der Waals surface area contributed by atoms with Crippen molar-refractivity contribution in [3.63, 3.8) is 0 Å². The minimum atomic E-state index is -0.586. The molecular formula is C26H23ClN2O5. The Kier molecular flexibility index (Phi) is 7.34. The maximum Gasteiger partial charge on any atom is 0.373 e. The van der Waals surface area contributed by atoms with E-state index in [4.69, 9.17) is 30.2 Å². The number of nitrogens with zero attached hydrogens (tertiary/aromatic N) is 2. The number of likely N-dealkylation sites (N-methyl/N-ethyl adjacent to an activating group) is 1. The van der Waals surface area contributed by atoms with E-state index in [0.29, 0.717) is 35.7 Å². The Hall–Kier alpha value is -3.97. The second-order valence-electron chi connectivity index (χ2n) is 7.36. The van der Waals surface area contributed by atoms with Crippen LogP contribution in [-0.4, -0.2) is 38.3 Å². The molecule has 0 saturated heterocycles. The van der Waals surface area contributed by atoms with Crippen molar-refractivity contribution in [3.8, 4) is 11.5 Å². The molecule has 4 aromatic rings. The molecule has 0 atom stereocenters. The molecule has 1 heterocycles. The Balaban J connectivity index is 1.35. The zero-order chi connectivity index (χ0) is 23.9. The van der Waals surface area contributed by atoms with Crippen LogP contribution in [0.3, 0.4) is 0 Å². The van der Waals surface area contributed by atoms with Gasteiger partial charge in [-0.15, -0.1) is 0 Å². The predicted octanol–water partition coefficient (Wildman–Crippen LogP) is 5.59. The standard InChI is InChI=1S/C26H23ClN2O5/c1-29(26-28-22-5-3-4-6-23(22)34-26)15-16-32-20-11-7-18(8-12-20)17-24(25(30)31-2)33-21-13-9-19(27)10-14-21/h3-14,17H,15-16H2,1-2H3. The van der Waals surface area contributed by atoms with Crippen LogP contribution in [0.2, 0.25) is 5.02 Å². The summed E-state index contributed by atoms with van der Waals surface area (Å²) >= 11 is 5.90. The molecule has 0 radical (unpaired) electrons. The Morgan fingerprint density at radius 3 is 2.44 bits per heavy atom. The average molecular weight is 479 g/mol. The number of para-hydroxylation sites is 2. The zero-order valence-electron chi connectivity index (χ0n) is 18.7. The highest BCUT2D eigenvalue weighted by atomic mass is 35.5. The minimum absolute atomic E-state index is 0.0541. The van der Waals surface area contributed by atoms with E-state index in [1.807, 2.05) is 60.5 Å². The summed E-state index contributed by atoms with van der Waals surface area (Å²) in [5.41, 5.74) is 2.32. The van der Waals surface area contributed by atoms with Crippen LogP contribution < -0.4 is 14.4 Å². The van der Waals surface area contributed by atoms with Gasteiger partial charge in [0.15, 0.2) is 5.58 Å². The van der Waals surface area contributed by atoms with Gasteiger partial charge in [-0.25, -0.2) is 4.79 Å². The molecule has 34 heavy (non-hydrogen) atoms. The van der Waals surface area contributed by atoms with Gasteiger partial charge in [-0.3, -0.25) is 0 Å². The molecule has 0 N–H and O–H groups in total. The monoisotopic (exact) mass is 478 g/mol. The molecule has 0 aliphatic rings. The van der Waals surface area contributed by atoms with Gasteiger partial charge in [-0.05, 0) is 60.2 Å². The number of halogens is 1. The lowest BCUT2D eigenvalue weighted by molar-refractivity contribution is -0.138. The largest absolute Gasteiger partial charge is 0.492 e. The first-order valence-corrected chi connectivity index (χ1v) is 10.9. The number of ether oxygens (including phenoxy) is 3. The minimum Gasteiger partial charge on any atom is -0.492 e. The van der Waals surface area contributed by atoms with E-state index in [9.17, 15) is 4.79 Å². The van der Waals surface area contributed by atoms with Gasteiger partial charge in [0.2, 0.25) is 5.76 Å². The highest BCUT2D eigenvalue weighted by molar-refractivity contribution is 6.30. The summed E-state index contributed by atoms with van der Waals surface area (Å²) in [6, 6.07) is 22.2. The van der Waals surface area contributed by atoms with Crippen LogP contribution >= 0.6 is 11.6 Å². The summed E-state index contributed by atoms with van der Waals surface area (Å²) in [6.07, 6.45) is 1.60. The number of aromatic nitrogens is 1. The van der Waals surface area contributed by atoms with E-state index in [0.717, 1.165) is 16.7 Å². The molecule has 4 rings (SSSR count). The fourth-order valence-corrected chi connectivity index (χ4v) is 3.22. The molecule has 1 aromatic heterocycles. The lowest BCUT2D eigenvalue weighted by Gasteiger charge is -2.15. The number of methoxy groups -OCH3 is 1. The number of carbonyl (C=O) groups is 1. The van der Waals surface area contributed by atoms with E-state index < -0.39 is 5.97 Å². The van der Waals surface area contributed by atoms with Gasteiger partial charge in [0, 0.05) is 12.1 Å². The summed E-state index contributed by atoms with van der Waals surface area (Å²) in [5.74, 6) is 0.640. The van der Waals surface area contributed by atoms with Gasteiger partial charge in [0.05, 0.1) is 13.7 Å². The summed E-state index contributed by atoms with van der Waals surface area (Å²) in [6.45, 7) is 1.04. The molecule has 8 heteroatoms. The van der Waals surface area contributed by atoms with Crippen molar-refractivity contribution < 1.29 is 23.4 Å². The molecular weight excluding hydrogens is 456 g/mol. The fourth-order valence-electron chi connectivity index (χ4n) is 3.09. The van der Waals surface area contributed by atoms with Crippen LogP contribution in [0.5, 0.6) is 11.5 Å². The topological polar surface area (TPSA) is 74.0 Å². The van der Waals surface area contributed by atoms with Gasteiger partial charge in [-0.2, -0.15) is 4.98 Å². The van der Waals surface area contributed by atoms with Crippen molar-refractivity contribution in [2.45, 2.75) is 0 Å². The molecule has 174 valence electrons. The fraction of sp³-hybridized carbons (Fsp3) is 0.154. The molecule has 0 saturated carbocycles. The van der Waals surface area contributed by atoms with E-state index >= 15 is 0 Å². The number of hydrogen-bond donors (Lipinski definition) is 0. The Labute approximate surface area is 202 Å². The number of rotatable bonds is 9.